The van der Waals surface area contributed by atoms with Gasteiger partial charge in [-0.25, -0.2) is 9.97 Å². The quantitative estimate of drug-likeness (QED) is 0.719. The lowest BCUT2D eigenvalue weighted by molar-refractivity contribution is 0.527. The average Bonchev–Trinajstić information content (AvgIpc) is 2.22. The molecular formula is C14H24N2. The maximum Gasteiger partial charge on any atom is 0.125 e. The molecule has 0 saturated heterocycles. The summed E-state index contributed by atoms with van der Waals surface area (Å²) in [5.41, 5.74) is 2.35. The Bertz CT molecular complexity index is 300. The normalized spacial score (nSPS) is 12.8. The zero-order valence-corrected chi connectivity index (χ0v) is 11.1. The van der Waals surface area contributed by atoms with E-state index >= 15 is 0 Å². The van der Waals surface area contributed by atoms with Crippen LogP contribution in [0.5, 0.6) is 0 Å². The molecule has 1 aromatic rings. The van der Waals surface area contributed by atoms with E-state index in [1.54, 1.807) is 0 Å². The predicted octanol–water partition coefficient (Wildman–Crippen LogP) is 4.17. The van der Waals surface area contributed by atoms with E-state index in [0.29, 0.717) is 5.92 Å². The van der Waals surface area contributed by atoms with Crippen molar-refractivity contribution in [2.45, 2.75) is 65.7 Å². The Kier molecular flexibility index (Phi) is 5.44. The molecule has 0 fully saturated rings. The standard InChI is InChI=1S/C14H24N2/c1-5-7-9-13(8-6-2)14-10-11(3)15-12(4)16-14/h10,13H,5-9H2,1-4H3. The lowest BCUT2D eigenvalue weighted by atomic mass is 9.93. The molecule has 1 aromatic heterocycles. The molecule has 90 valence electrons. The summed E-state index contributed by atoms with van der Waals surface area (Å²) in [5.74, 6) is 1.54. The molecule has 16 heavy (non-hydrogen) atoms. The fourth-order valence-electron chi connectivity index (χ4n) is 2.19. The van der Waals surface area contributed by atoms with Gasteiger partial charge in [-0.1, -0.05) is 33.1 Å². The van der Waals surface area contributed by atoms with E-state index in [1.807, 2.05) is 6.92 Å². The molecule has 2 nitrogen and oxygen atoms in total. The van der Waals surface area contributed by atoms with Gasteiger partial charge in [0.1, 0.15) is 5.82 Å². The molecule has 1 atom stereocenters. The first-order valence-electron chi connectivity index (χ1n) is 6.49. The van der Waals surface area contributed by atoms with E-state index in [4.69, 9.17) is 0 Å². The number of aryl methyl sites for hydroxylation is 2. The largest absolute Gasteiger partial charge is 0.239 e. The van der Waals surface area contributed by atoms with Crippen LogP contribution in [0.4, 0.5) is 0 Å². The Hall–Kier alpha value is -0.920. The predicted molar refractivity (Wildman–Crippen MR) is 68.7 cm³/mol. The average molecular weight is 220 g/mol. The monoisotopic (exact) mass is 220 g/mol. The number of unbranched alkanes of at least 4 members (excludes halogenated alkanes) is 1. The van der Waals surface area contributed by atoms with Crippen molar-refractivity contribution in [3.05, 3.63) is 23.3 Å². The molecule has 1 rings (SSSR count). The molecule has 0 spiro atoms. The molecule has 0 amide bonds. The number of hydrogen-bond acceptors (Lipinski definition) is 2. The van der Waals surface area contributed by atoms with Gasteiger partial charge < -0.3 is 0 Å². The van der Waals surface area contributed by atoms with E-state index < -0.39 is 0 Å². The van der Waals surface area contributed by atoms with Crippen molar-refractivity contribution in [2.75, 3.05) is 0 Å². The van der Waals surface area contributed by atoms with Crippen LogP contribution >= 0.6 is 0 Å². The third-order valence-corrected chi connectivity index (χ3v) is 2.95. The minimum absolute atomic E-state index is 0.630. The first-order valence-corrected chi connectivity index (χ1v) is 6.49. The molecule has 0 aliphatic heterocycles. The van der Waals surface area contributed by atoms with Gasteiger partial charge in [-0.2, -0.15) is 0 Å². The van der Waals surface area contributed by atoms with Crippen molar-refractivity contribution >= 4 is 0 Å². The summed E-state index contributed by atoms with van der Waals surface area (Å²) < 4.78 is 0. The first kappa shape index (κ1) is 13.1. The summed E-state index contributed by atoms with van der Waals surface area (Å²) in [6.45, 7) is 8.54. The highest BCUT2D eigenvalue weighted by Gasteiger charge is 2.12. The fraction of sp³-hybridized carbons (Fsp3) is 0.714. The Morgan fingerprint density at radius 2 is 1.81 bits per heavy atom. The SMILES string of the molecule is CCCCC(CCC)c1cc(C)nc(C)n1. The molecule has 1 heterocycles. The summed E-state index contributed by atoms with van der Waals surface area (Å²) in [5, 5.41) is 0. The molecule has 0 saturated carbocycles. The summed E-state index contributed by atoms with van der Waals surface area (Å²) in [4.78, 5) is 8.94. The number of nitrogens with zero attached hydrogens (tertiary/aromatic N) is 2. The van der Waals surface area contributed by atoms with Gasteiger partial charge in [0.05, 0.1) is 0 Å². The Labute approximate surface area is 99.5 Å². The van der Waals surface area contributed by atoms with E-state index in [2.05, 4.69) is 36.8 Å². The summed E-state index contributed by atoms with van der Waals surface area (Å²) >= 11 is 0. The Balaban J connectivity index is 2.82. The van der Waals surface area contributed by atoms with E-state index in [9.17, 15) is 0 Å². The summed E-state index contributed by atoms with van der Waals surface area (Å²) in [7, 11) is 0. The highest BCUT2D eigenvalue weighted by atomic mass is 14.9. The van der Waals surface area contributed by atoms with Gasteiger partial charge >= 0.3 is 0 Å². The molecule has 0 radical (unpaired) electrons. The van der Waals surface area contributed by atoms with E-state index in [-0.39, 0.29) is 0 Å². The molecule has 0 aromatic carbocycles. The number of hydrogen-bond donors (Lipinski definition) is 0. The van der Waals surface area contributed by atoms with Crippen LogP contribution in [-0.2, 0) is 0 Å². The van der Waals surface area contributed by atoms with Gasteiger partial charge in [0.25, 0.3) is 0 Å². The van der Waals surface area contributed by atoms with Crippen LogP contribution in [0.25, 0.3) is 0 Å². The van der Waals surface area contributed by atoms with Gasteiger partial charge in [0.2, 0.25) is 0 Å². The molecular weight excluding hydrogens is 196 g/mol. The third-order valence-electron chi connectivity index (χ3n) is 2.95. The molecule has 0 aliphatic rings. The second-order valence-electron chi connectivity index (χ2n) is 4.61. The van der Waals surface area contributed by atoms with E-state index in [1.165, 1.54) is 37.8 Å². The molecule has 0 bridgehead atoms. The minimum Gasteiger partial charge on any atom is -0.239 e. The highest BCUT2D eigenvalue weighted by molar-refractivity contribution is 5.14. The van der Waals surface area contributed by atoms with E-state index in [0.717, 1.165) is 11.5 Å². The van der Waals surface area contributed by atoms with Gasteiger partial charge in [0.15, 0.2) is 0 Å². The van der Waals surface area contributed by atoms with Crippen LogP contribution in [0.2, 0.25) is 0 Å². The van der Waals surface area contributed by atoms with Crippen molar-refractivity contribution in [3.8, 4) is 0 Å². The van der Waals surface area contributed by atoms with Gasteiger partial charge in [0, 0.05) is 17.3 Å². The lowest BCUT2D eigenvalue weighted by Gasteiger charge is -2.16. The van der Waals surface area contributed by atoms with Crippen molar-refractivity contribution in [3.63, 3.8) is 0 Å². The minimum atomic E-state index is 0.630. The molecule has 0 N–H and O–H groups in total. The van der Waals surface area contributed by atoms with Gasteiger partial charge in [-0.15, -0.1) is 0 Å². The van der Waals surface area contributed by atoms with Gasteiger partial charge in [-0.3, -0.25) is 0 Å². The molecule has 0 aliphatic carbocycles. The second-order valence-corrected chi connectivity index (χ2v) is 4.61. The molecule has 2 heteroatoms. The van der Waals surface area contributed by atoms with Crippen LogP contribution in [-0.4, -0.2) is 9.97 Å². The first-order chi connectivity index (χ1) is 7.67. The van der Waals surface area contributed by atoms with Crippen LogP contribution in [0.15, 0.2) is 6.07 Å². The summed E-state index contributed by atoms with van der Waals surface area (Å²) in [6.07, 6.45) is 6.31. The third kappa shape index (κ3) is 3.92. The van der Waals surface area contributed by atoms with Crippen molar-refractivity contribution in [2.24, 2.45) is 0 Å². The fourth-order valence-corrected chi connectivity index (χ4v) is 2.19. The smallest absolute Gasteiger partial charge is 0.125 e. The summed E-state index contributed by atoms with van der Waals surface area (Å²) in [6, 6.07) is 2.16. The lowest BCUT2D eigenvalue weighted by Crippen LogP contribution is -2.05. The number of aromatic nitrogens is 2. The van der Waals surface area contributed by atoms with Crippen molar-refractivity contribution in [1.82, 2.24) is 9.97 Å². The Morgan fingerprint density at radius 3 is 2.38 bits per heavy atom. The Morgan fingerprint density at radius 1 is 1.06 bits per heavy atom. The topological polar surface area (TPSA) is 25.8 Å². The van der Waals surface area contributed by atoms with Crippen molar-refractivity contribution < 1.29 is 0 Å². The molecule has 1 unspecified atom stereocenters. The van der Waals surface area contributed by atoms with Crippen LogP contribution in [0.3, 0.4) is 0 Å². The zero-order valence-electron chi connectivity index (χ0n) is 11.1. The maximum absolute atomic E-state index is 4.59. The zero-order chi connectivity index (χ0) is 12.0. The van der Waals surface area contributed by atoms with Crippen LogP contribution in [0, 0.1) is 13.8 Å². The van der Waals surface area contributed by atoms with Crippen LogP contribution in [0.1, 0.15) is 69.1 Å². The van der Waals surface area contributed by atoms with Gasteiger partial charge in [-0.05, 0) is 32.8 Å². The second kappa shape index (κ2) is 6.62. The maximum atomic E-state index is 4.59. The number of rotatable bonds is 6. The van der Waals surface area contributed by atoms with Crippen molar-refractivity contribution in [1.29, 1.82) is 0 Å². The van der Waals surface area contributed by atoms with Crippen LogP contribution < -0.4 is 0 Å². The highest BCUT2D eigenvalue weighted by Crippen LogP contribution is 2.25.